The highest BCUT2D eigenvalue weighted by Gasteiger charge is 2.26. The third kappa shape index (κ3) is 5.71. The molecule has 4 rings (SSSR count). The van der Waals surface area contributed by atoms with Crippen molar-refractivity contribution in [2.45, 2.75) is 19.8 Å². The van der Waals surface area contributed by atoms with E-state index in [4.69, 9.17) is 4.74 Å². The summed E-state index contributed by atoms with van der Waals surface area (Å²) in [6, 6.07) is 16.8. The Morgan fingerprint density at radius 2 is 1.91 bits per heavy atom. The number of ether oxygens (including phenoxy) is 1. The predicted octanol–water partition coefficient (Wildman–Crippen LogP) is 4.07. The lowest BCUT2D eigenvalue weighted by atomic mass is 9.97. The molecule has 1 aromatic heterocycles. The molecule has 1 aliphatic heterocycles. The summed E-state index contributed by atoms with van der Waals surface area (Å²) < 4.78 is 5.19. The Morgan fingerprint density at radius 3 is 2.64 bits per heavy atom. The van der Waals surface area contributed by atoms with Crippen molar-refractivity contribution < 1.29 is 14.3 Å². The molecule has 1 fully saturated rings. The van der Waals surface area contributed by atoms with Crippen molar-refractivity contribution in [1.82, 2.24) is 20.4 Å². The minimum Gasteiger partial charge on any atom is -0.497 e. The van der Waals surface area contributed by atoms with Crippen molar-refractivity contribution >= 4 is 17.6 Å². The molecule has 3 amide bonds. The lowest BCUT2D eigenvalue weighted by Gasteiger charge is -2.32. The molecule has 1 unspecified atom stereocenters. The Labute approximate surface area is 193 Å². The van der Waals surface area contributed by atoms with Crippen LogP contribution in [-0.4, -0.2) is 53.8 Å². The molecule has 0 bridgehead atoms. The molecule has 33 heavy (non-hydrogen) atoms. The van der Waals surface area contributed by atoms with Crippen molar-refractivity contribution in [3.8, 4) is 17.0 Å². The van der Waals surface area contributed by atoms with Gasteiger partial charge in [0.2, 0.25) is 0 Å². The standard InChI is InChI=1S/C25H29N5O3/c1-17-5-9-20(10-6-17)27-25(32)26-15-18-4-3-13-30(16-18)24(31)23-14-22(28-29-23)19-7-11-21(33-2)12-8-19/h5-12,14,18H,3-4,13,15-16H2,1-2H3,(H,28,29)(H2,26,27,32). The van der Waals surface area contributed by atoms with Gasteiger partial charge in [-0.05, 0) is 68.1 Å². The molecule has 8 heteroatoms. The number of hydrogen-bond donors (Lipinski definition) is 3. The molecular weight excluding hydrogens is 418 g/mol. The van der Waals surface area contributed by atoms with E-state index in [1.807, 2.05) is 60.4 Å². The summed E-state index contributed by atoms with van der Waals surface area (Å²) in [6.45, 7) is 3.81. The minimum atomic E-state index is -0.236. The molecular formula is C25H29N5O3. The maximum absolute atomic E-state index is 13.0. The van der Waals surface area contributed by atoms with Gasteiger partial charge >= 0.3 is 6.03 Å². The lowest BCUT2D eigenvalue weighted by Crippen LogP contribution is -2.44. The quantitative estimate of drug-likeness (QED) is 0.530. The number of aryl methyl sites for hydroxylation is 1. The zero-order chi connectivity index (χ0) is 23.2. The van der Waals surface area contributed by atoms with Gasteiger partial charge in [-0.1, -0.05) is 17.7 Å². The molecule has 1 atom stereocenters. The summed E-state index contributed by atoms with van der Waals surface area (Å²) >= 11 is 0. The fourth-order valence-corrected chi connectivity index (χ4v) is 3.98. The first-order valence-corrected chi connectivity index (χ1v) is 11.1. The third-order valence-corrected chi connectivity index (χ3v) is 5.86. The number of amides is 3. The monoisotopic (exact) mass is 447 g/mol. The average molecular weight is 448 g/mol. The zero-order valence-corrected chi connectivity index (χ0v) is 18.9. The number of rotatable bonds is 6. The number of anilines is 1. The van der Waals surface area contributed by atoms with E-state index in [0.717, 1.165) is 35.4 Å². The van der Waals surface area contributed by atoms with E-state index in [1.54, 1.807) is 13.2 Å². The van der Waals surface area contributed by atoms with Crippen LogP contribution in [0.3, 0.4) is 0 Å². The fourth-order valence-electron chi connectivity index (χ4n) is 3.98. The largest absolute Gasteiger partial charge is 0.497 e. The van der Waals surface area contributed by atoms with Crippen LogP contribution < -0.4 is 15.4 Å². The predicted molar refractivity (Wildman–Crippen MR) is 127 cm³/mol. The summed E-state index contributed by atoms with van der Waals surface area (Å²) in [4.78, 5) is 27.1. The summed E-state index contributed by atoms with van der Waals surface area (Å²) in [5.74, 6) is 0.901. The van der Waals surface area contributed by atoms with Crippen molar-refractivity contribution in [3.05, 3.63) is 65.9 Å². The van der Waals surface area contributed by atoms with Crippen LogP contribution in [-0.2, 0) is 0 Å². The summed E-state index contributed by atoms with van der Waals surface area (Å²) in [7, 11) is 1.62. The fraction of sp³-hybridized carbons (Fsp3) is 0.320. The topological polar surface area (TPSA) is 99.4 Å². The van der Waals surface area contributed by atoms with Crippen molar-refractivity contribution in [2.24, 2.45) is 5.92 Å². The summed E-state index contributed by atoms with van der Waals surface area (Å²) in [5, 5.41) is 13.0. The van der Waals surface area contributed by atoms with Crippen LogP contribution in [0.4, 0.5) is 10.5 Å². The molecule has 2 aromatic carbocycles. The Balaban J connectivity index is 1.30. The highest BCUT2D eigenvalue weighted by molar-refractivity contribution is 5.93. The molecule has 8 nitrogen and oxygen atoms in total. The van der Waals surface area contributed by atoms with Gasteiger partial charge in [0, 0.05) is 30.9 Å². The number of benzene rings is 2. The highest BCUT2D eigenvalue weighted by atomic mass is 16.5. The van der Waals surface area contributed by atoms with Gasteiger partial charge in [0.1, 0.15) is 11.4 Å². The molecule has 1 aliphatic rings. The third-order valence-electron chi connectivity index (χ3n) is 5.86. The number of nitrogens with one attached hydrogen (secondary N) is 3. The van der Waals surface area contributed by atoms with Crippen molar-refractivity contribution in [3.63, 3.8) is 0 Å². The van der Waals surface area contributed by atoms with Gasteiger partial charge in [-0.3, -0.25) is 9.89 Å². The van der Waals surface area contributed by atoms with Crippen LogP contribution >= 0.6 is 0 Å². The second kappa shape index (κ2) is 10.2. The first-order valence-electron chi connectivity index (χ1n) is 11.1. The molecule has 172 valence electrons. The number of nitrogens with zero attached hydrogens (tertiary/aromatic N) is 2. The number of likely N-dealkylation sites (tertiary alicyclic amines) is 1. The van der Waals surface area contributed by atoms with Crippen LogP contribution in [0.2, 0.25) is 0 Å². The number of carbonyl (C=O) groups excluding carboxylic acids is 2. The number of aromatic amines is 1. The number of hydrogen-bond acceptors (Lipinski definition) is 4. The van der Waals surface area contributed by atoms with E-state index in [-0.39, 0.29) is 17.9 Å². The number of H-pyrrole nitrogens is 1. The highest BCUT2D eigenvalue weighted by Crippen LogP contribution is 2.23. The van der Waals surface area contributed by atoms with E-state index >= 15 is 0 Å². The molecule has 3 N–H and O–H groups in total. The normalized spacial score (nSPS) is 15.7. The Kier molecular flexibility index (Phi) is 6.92. The number of methoxy groups -OCH3 is 1. The van der Waals surface area contributed by atoms with E-state index in [0.29, 0.717) is 31.0 Å². The van der Waals surface area contributed by atoms with Gasteiger partial charge < -0.3 is 20.3 Å². The maximum atomic E-state index is 13.0. The minimum absolute atomic E-state index is 0.0731. The molecule has 2 heterocycles. The van der Waals surface area contributed by atoms with Crippen molar-refractivity contribution in [2.75, 3.05) is 32.1 Å². The van der Waals surface area contributed by atoms with E-state index < -0.39 is 0 Å². The van der Waals surface area contributed by atoms with Crippen LogP contribution in [0, 0.1) is 12.8 Å². The van der Waals surface area contributed by atoms with Gasteiger partial charge in [0.15, 0.2) is 0 Å². The Bertz CT molecular complexity index is 1090. The molecule has 0 saturated carbocycles. The number of aromatic nitrogens is 2. The zero-order valence-electron chi connectivity index (χ0n) is 18.9. The smallest absolute Gasteiger partial charge is 0.319 e. The van der Waals surface area contributed by atoms with E-state index in [2.05, 4.69) is 20.8 Å². The molecule has 0 aliphatic carbocycles. The molecule has 0 spiro atoms. The van der Waals surface area contributed by atoms with Crippen LogP contribution in [0.1, 0.15) is 28.9 Å². The van der Waals surface area contributed by atoms with E-state index in [1.165, 1.54) is 0 Å². The van der Waals surface area contributed by atoms with Crippen LogP contribution in [0.25, 0.3) is 11.3 Å². The summed E-state index contributed by atoms with van der Waals surface area (Å²) in [6.07, 6.45) is 1.87. The maximum Gasteiger partial charge on any atom is 0.319 e. The summed E-state index contributed by atoms with van der Waals surface area (Å²) in [5.41, 5.74) is 3.98. The second-order valence-corrected chi connectivity index (χ2v) is 8.36. The lowest BCUT2D eigenvalue weighted by molar-refractivity contribution is 0.0669. The van der Waals surface area contributed by atoms with Crippen LogP contribution in [0.5, 0.6) is 5.75 Å². The van der Waals surface area contributed by atoms with E-state index in [9.17, 15) is 9.59 Å². The van der Waals surface area contributed by atoms with Crippen molar-refractivity contribution in [1.29, 1.82) is 0 Å². The SMILES string of the molecule is COc1ccc(-c2cc(C(=O)N3CCCC(CNC(=O)Nc4ccc(C)cc4)C3)[nH]n2)cc1. The van der Waals surface area contributed by atoms with Gasteiger partial charge in [0.25, 0.3) is 5.91 Å². The number of piperidine rings is 1. The number of carbonyl (C=O) groups is 2. The van der Waals surface area contributed by atoms with Gasteiger partial charge in [-0.2, -0.15) is 5.10 Å². The first kappa shape index (κ1) is 22.4. The molecule has 1 saturated heterocycles. The number of urea groups is 1. The Morgan fingerprint density at radius 1 is 1.15 bits per heavy atom. The molecule has 3 aromatic rings. The van der Waals surface area contributed by atoms with Gasteiger partial charge in [0.05, 0.1) is 12.8 Å². The van der Waals surface area contributed by atoms with Gasteiger partial charge in [-0.25, -0.2) is 4.79 Å². The van der Waals surface area contributed by atoms with Gasteiger partial charge in [-0.15, -0.1) is 0 Å². The molecule has 0 radical (unpaired) electrons. The average Bonchev–Trinajstić information content (AvgIpc) is 3.34. The van der Waals surface area contributed by atoms with Crippen LogP contribution in [0.15, 0.2) is 54.6 Å². The first-order chi connectivity index (χ1) is 16.0. The second-order valence-electron chi connectivity index (χ2n) is 8.36. The Hall–Kier alpha value is -3.81.